The summed E-state index contributed by atoms with van der Waals surface area (Å²) in [5, 5.41) is 1.15. The van der Waals surface area contributed by atoms with Crippen LogP contribution >= 0.6 is 11.3 Å². The van der Waals surface area contributed by atoms with Crippen molar-refractivity contribution in [3.8, 4) is 0 Å². The highest BCUT2D eigenvalue weighted by atomic mass is 32.1. The smallest absolute Gasteiger partial charge is 0.0907 e. The Kier molecular flexibility index (Phi) is 3.85. The minimum atomic E-state index is 0.520. The van der Waals surface area contributed by atoms with Gasteiger partial charge in [-0.05, 0) is 55.8 Å². The third-order valence-corrected chi connectivity index (χ3v) is 5.37. The number of thiazole rings is 1. The summed E-state index contributed by atoms with van der Waals surface area (Å²) in [5.41, 5.74) is 8.61. The van der Waals surface area contributed by atoms with Crippen molar-refractivity contribution in [2.75, 3.05) is 6.54 Å². The van der Waals surface area contributed by atoms with Crippen molar-refractivity contribution in [1.29, 1.82) is 0 Å². The zero-order valence-corrected chi connectivity index (χ0v) is 12.4. The summed E-state index contributed by atoms with van der Waals surface area (Å²) in [7, 11) is 0. The number of hydrogen-bond donors (Lipinski definition) is 1. The fourth-order valence-corrected chi connectivity index (χ4v) is 4.24. The van der Waals surface area contributed by atoms with Crippen LogP contribution in [-0.4, -0.2) is 11.5 Å². The van der Waals surface area contributed by atoms with Crippen LogP contribution in [0.5, 0.6) is 0 Å². The Balaban J connectivity index is 1.91. The van der Waals surface area contributed by atoms with Crippen LogP contribution < -0.4 is 5.73 Å². The van der Waals surface area contributed by atoms with E-state index in [0.29, 0.717) is 5.92 Å². The summed E-state index contributed by atoms with van der Waals surface area (Å²) in [6, 6.07) is 6.76. The highest BCUT2D eigenvalue weighted by Crippen LogP contribution is 2.36. The molecule has 1 saturated carbocycles. The van der Waals surface area contributed by atoms with Crippen LogP contribution in [0.4, 0.5) is 0 Å². The van der Waals surface area contributed by atoms with Gasteiger partial charge in [0, 0.05) is 0 Å². The molecule has 0 bridgehead atoms. The van der Waals surface area contributed by atoms with Crippen molar-refractivity contribution in [3.05, 3.63) is 28.8 Å². The topological polar surface area (TPSA) is 38.9 Å². The molecule has 3 rings (SSSR count). The van der Waals surface area contributed by atoms with E-state index in [1.54, 1.807) is 11.3 Å². The van der Waals surface area contributed by atoms with Crippen LogP contribution in [0, 0.1) is 12.8 Å². The Morgan fingerprint density at radius 1 is 1.32 bits per heavy atom. The number of rotatable bonds is 3. The maximum Gasteiger partial charge on any atom is 0.0907 e. The van der Waals surface area contributed by atoms with Crippen LogP contribution in [0.2, 0.25) is 0 Å². The van der Waals surface area contributed by atoms with Crippen LogP contribution in [0.25, 0.3) is 10.2 Å². The number of aryl methyl sites for hydroxylation is 1. The molecule has 19 heavy (non-hydrogen) atoms. The minimum Gasteiger partial charge on any atom is -0.330 e. The highest BCUT2D eigenvalue weighted by Gasteiger charge is 2.24. The Bertz CT molecular complexity index is 555. The minimum absolute atomic E-state index is 0.520. The van der Waals surface area contributed by atoms with Gasteiger partial charge in [-0.3, -0.25) is 0 Å². The van der Waals surface area contributed by atoms with Crippen molar-refractivity contribution in [2.24, 2.45) is 11.7 Å². The molecule has 2 aromatic rings. The molecule has 0 amide bonds. The van der Waals surface area contributed by atoms with E-state index in [1.165, 1.54) is 42.4 Å². The normalized spacial score (nSPS) is 18.8. The van der Waals surface area contributed by atoms with Gasteiger partial charge in [-0.1, -0.05) is 25.3 Å². The molecule has 0 saturated heterocycles. The average molecular weight is 274 g/mol. The Hall–Kier alpha value is -0.930. The number of aromatic nitrogens is 1. The van der Waals surface area contributed by atoms with Gasteiger partial charge < -0.3 is 5.73 Å². The maximum atomic E-state index is 6.07. The molecule has 1 aromatic heterocycles. The Morgan fingerprint density at radius 3 is 2.84 bits per heavy atom. The van der Waals surface area contributed by atoms with Gasteiger partial charge in [0.1, 0.15) is 0 Å². The lowest BCUT2D eigenvalue weighted by atomic mass is 9.77. The highest BCUT2D eigenvalue weighted by molar-refractivity contribution is 7.18. The molecule has 1 aromatic carbocycles. The first-order valence-electron chi connectivity index (χ1n) is 7.35. The SMILES string of the molecule is Cc1nc2cc(C(CN)C3CCCCC3)ccc2s1. The Labute approximate surface area is 119 Å². The van der Waals surface area contributed by atoms with E-state index < -0.39 is 0 Å². The summed E-state index contributed by atoms with van der Waals surface area (Å²) in [6.45, 7) is 2.84. The Morgan fingerprint density at radius 2 is 2.11 bits per heavy atom. The second-order valence-corrected chi connectivity index (χ2v) is 6.94. The first-order chi connectivity index (χ1) is 9.28. The first kappa shape index (κ1) is 13.1. The molecule has 1 aliphatic rings. The van der Waals surface area contributed by atoms with Crippen LogP contribution in [0.15, 0.2) is 18.2 Å². The summed E-state index contributed by atoms with van der Waals surface area (Å²) in [4.78, 5) is 4.61. The molecule has 0 aliphatic heterocycles. The van der Waals surface area contributed by atoms with E-state index >= 15 is 0 Å². The largest absolute Gasteiger partial charge is 0.330 e. The molecule has 1 fully saturated rings. The summed E-state index contributed by atoms with van der Waals surface area (Å²) in [5.74, 6) is 1.29. The van der Waals surface area contributed by atoms with E-state index in [4.69, 9.17) is 5.73 Å². The number of fused-ring (bicyclic) bond motifs is 1. The van der Waals surface area contributed by atoms with Crippen molar-refractivity contribution in [2.45, 2.75) is 44.9 Å². The standard InChI is InChI=1S/C16H22N2S/c1-11-18-15-9-13(7-8-16(15)19-11)14(10-17)12-5-3-2-4-6-12/h7-9,12,14H,2-6,10,17H2,1H3. The molecule has 2 nitrogen and oxygen atoms in total. The van der Waals surface area contributed by atoms with E-state index in [0.717, 1.165) is 23.0 Å². The number of nitrogens with two attached hydrogens (primary N) is 1. The zero-order chi connectivity index (χ0) is 13.2. The molecule has 3 heteroatoms. The van der Waals surface area contributed by atoms with Gasteiger partial charge in [0.25, 0.3) is 0 Å². The second kappa shape index (κ2) is 5.59. The second-order valence-electron chi connectivity index (χ2n) is 5.70. The average Bonchev–Trinajstić information content (AvgIpc) is 2.80. The van der Waals surface area contributed by atoms with Gasteiger partial charge in [-0.2, -0.15) is 0 Å². The van der Waals surface area contributed by atoms with E-state index in [2.05, 4.69) is 30.1 Å². The lowest BCUT2D eigenvalue weighted by molar-refractivity contribution is 0.307. The fourth-order valence-electron chi connectivity index (χ4n) is 3.43. The summed E-state index contributed by atoms with van der Waals surface area (Å²) >= 11 is 1.77. The number of benzene rings is 1. The molecule has 1 atom stereocenters. The van der Waals surface area contributed by atoms with Crippen molar-refractivity contribution in [1.82, 2.24) is 4.98 Å². The van der Waals surface area contributed by atoms with Gasteiger partial charge in [-0.25, -0.2) is 4.98 Å². The molecular weight excluding hydrogens is 252 g/mol. The maximum absolute atomic E-state index is 6.07. The predicted octanol–water partition coefficient (Wildman–Crippen LogP) is 4.23. The third-order valence-electron chi connectivity index (χ3n) is 4.42. The van der Waals surface area contributed by atoms with Gasteiger partial charge in [0.05, 0.1) is 15.2 Å². The van der Waals surface area contributed by atoms with Gasteiger partial charge >= 0.3 is 0 Å². The van der Waals surface area contributed by atoms with Crippen LogP contribution in [0.1, 0.15) is 48.6 Å². The van der Waals surface area contributed by atoms with Crippen molar-refractivity contribution < 1.29 is 0 Å². The van der Waals surface area contributed by atoms with E-state index in [1.807, 2.05) is 0 Å². The first-order valence-corrected chi connectivity index (χ1v) is 8.16. The lowest BCUT2D eigenvalue weighted by Crippen LogP contribution is -2.23. The van der Waals surface area contributed by atoms with E-state index in [9.17, 15) is 0 Å². The molecule has 2 N–H and O–H groups in total. The molecule has 102 valence electrons. The zero-order valence-electron chi connectivity index (χ0n) is 11.6. The fraction of sp³-hybridized carbons (Fsp3) is 0.562. The predicted molar refractivity (Wildman–Crippen MR) is 82.7 cm³/mol. The van der Waals surface area contributed by atoms with Crippen LogP contribution in [-0.2, 0) is 0 Å². The van der Waals surface area contributed by atoms with Gasteiger partial charge in [-0.15, -0.1) is 11.3 Å². The third kappa shape index (κ3) is 2.67. The van der Waals surface area contributed by atoms with Crippen LogP contribution in [0.3, 0.4) is 0 Å². The number of hydrogen-bond acceptors (Lipinski definition) is 3. The van der Waals surface area contributed by atoms with Crippen molar-refractivity contribution >= 4 is 21.6 Å². The quantitative estimate of drug-likeness (QED) is 0.909. The molecule has 1 unspecified atom stereocenters. The summed E-state index contributed by atoms with van der Waals surface area (Å²) in [6.07, 6.45) is 6.84. The monoisotopic (exact) mass is 274 g/mol. The van der Waals surface area contributed by atoms with Crippen molar-refractivity contribution in [3.63, 3.8) is 0 Å². The van der Waals surface area contributed by atoms with E-state index in [-0.39, 0.29) is 0 Å². The molecular formula is C16H22N2S. The molecule has 0 spiro atoms. The molecule has 1 aliphatic carbocycles. The molecule has 0 radical (unpaired) electrons. The lowest BCUT2D eigenvalue weighted by Gasteiger charge is -2.29. The van der Waals surface area contributed by atoms with Gasteiger partial charge in [0.2, 0.25) is 0 Å². The molecule has 1 heterocycles. The number of nitrogens with zero attached hydrogens (tertiary/aromatic N) is 1. The summed E-state index contributed by atoms with van der Waals surface area (Å²) < 4.78 is 1.29. The van der Waals surface area contributed by atoms with Gasteiger partial charge in [0.15, 0.2) is 0 Å².